The minimum absolute atomic E-state index is 0.243. The maximum atomic E-state index is 11.1. The average molecular weight is 282 g/mol. The van der Waals surface area contributed by atoms with E-state index in [1.54, 1.807) is 0 Å². The van der Waals surface area contributed by atoms with Gasteiger partial charge in [0.1, 0.15) is 0 Å². The molecular formula is C18H34O2. The molecule has 2 saturated carbocycles. The van der Waals surface area contributed by atoms with Crippen LogP contribution >= 0.6 is 0 Å². The van der Waals surface area contributed by atoms with Crippen molar-refractivity contribution in [2.45, 2.75) is 90.3 Å². The van der Waals surface area contributed by atoms with Gasteiger partial charge >= 0.3 is 0 Å². The predicted molar refractivity (Wildman–Crippen MR) is 83.7 cm³/mol. The summed E-state index contributed by atoms with van der Waals surface area (Å²) in [7, 11) is 0. The molecule has 2 aliphatic carbocycles. The number of ether oxygens (including phenoxy) is 1. The Bertz CT molecular complexity index is 271. The van der Waals surface area contributed by atoms with Gasteiger partial charge in [-0.05, 0) is 56.8 Å². The third-order valence-corrected chi connectivity index (χ3v) is 5.58. The molecule has 2 heteroatoms. The van der Waals surface area contributed by atoms with E-state index in [-0.39, 0.29) is 11.7 Å². The van der Waals surface area contributed by atoms with Crippen molar-refractivity contribution in [1.82, 2.24) is 0 Å². The molecule has 2 aliphatic rings. The zero-order valence-electron chi connectivity index (χ0n) is 13.7. The third kappa shape index (κ3) is 3.76. The maximum Gasteiger partial charge on any atom is 0.0942 e. The second-order valence-electron chi connectivity index (χ2n) is 7.53. The molecule has 2 nitrogen and oxygen atoms in total. The van der Waals surface area contributed by atoms with E-state index >= 15 is 0 Å². The largest absolute Gasteiger partial charge is 0.390 e. The highest BCUT2D eigenvalue weighted by atomic mass is 16.5. The van der Waals surface area contributed by atoms with Gasteiger partial charge in [-0.25, -0.2) is 0 Å². The normalized spacial score (nSPS) is 36.3. The van der Waals surface area contributed by atoms with E-state index in [0.717, 1.165) is 31.3 Å². The first kappa shape index (κ1) is 16.3. The Labute approximate surface area is 125 Å². The van der Waals surface area contributed by atoms with Crippen LogP contribution in [0.1, 0.15) is 78.6 Å². The summed E-state index contributed by atoms with van der Waals surface area (Å²) in [4.78, 5) is 0. The summed E-state index contributed by atoms with van der Waals surface area (Å²) in [6.45, 7) is 7.49. The quantitative estimate of drug-likeness (QED) is 0.767. The Kier molecular flexibility index (Phi) is 5.92. The zero-order chi connectivity index (χ0) is 14.6. The molecule has 0 saturated heterocycles. The van der Waals surface area contributed by atoms with Crippen molar-refractivity contribution in [3.63, 3.8) is 0 Å². The molecule has 3 unspecified atom stereocenters. The summed E-state index contributed by atoms with van der Waals surface area (Å²) in [5.41, 5.74) is -0.243. The fraction of sp³-hybridized carbons (Fsp3) is 1.00. The fourth-order valence-electron chi connectivity index (χ4n) is 4.84. The zero-order valence-corrected chi connectivity index (χ0v) is 13.7. The monoisotopic (exact) mass is 282 g/mol. The highest BCUT2D eigenvalue weighted by molar-refractivity contribution is 4.95. The van der Waals surface area contributed by atoms with Crippen molar-refractivity contribution in [3.8, 4) is 0 Å². The van der Waals surface area contributed by atoms with Gasteiger partial charge in [-0.2, -0.15) is 0 Å². The summed E-state index contributed by atoms with van der Waals surface area (Å²) in [5.74, 6) is 1.95. The minimum Gasteiger partial charge on any atom is -0.390 e. The second-order valence-corrected chi connectivity index (χ2v) is 7.53. The molecule has 1 N–H and O–H groups in total. The Balaban J connectivity index is 2.10. The van der Waals surface area contributed by atoms with Crippen LogP contribution in [-0.4, -0.2) is 23.4 Å². The lowest BCUT2D eigenvalue weighted by molar-refractivity contribution is -0.155. The third-order valence-electron chi connectivity index (χ3n) is 5.58. The first-order valence-corrected chi connectivity index (χ1v) is 8.89. The SMILES string of the molecule is CCOC1(C(O)C2CC(C)CC(C)C2)CCCCCC1. The molecule has 3 atom stereocenters. The summed E-state index contributed by atoms with van der Waals surface area (Å²) in [5, 5.41) is 11.1. The number of hydrogen-bond donors (Lipinski definition) is 1. The van der Waals surface area contributed by atoms with Crippen molar-refractivity contribution < 1.29 is 9.84 Å². The molecule has 0 radical (unpaired) electrons. The van der Waals surface area contributed by atoms with Gasteiger partial charge in [-0.3, -0.25) is 0 Å². The topological polar surface area (TPSA) is 29.5 Å². The van der Waals surface area contributed by atoms with Crippen LogP contribution in [0.15, 0.2) is 0 Å². The molecule has 2 fully saturated rings. The van der Waals surface area contributed by atoms with Crippen molar-refractivity contribution in [2.24, 2.45) is 17.8 Å². The van der Waals surface area contributed by atoms with Gasteiger partial charge < -0.3 is 9.84 Å². The van der Waals surface area contributed by atoms with Gasteiger partial charge in [-0.1, -0.05) is 39.5 Å². The van der Waals surface area contributed by atoms with Crippen molar-refractivity contribution in [2.75, 3.05) is 6.61 Å². The van der Waals surface area contributed by atoms with Crippen LogP contribution < -0.4 is 0 Å². The summed E-state index contributed by atoms with van der Waals surface area (Å²) < 4.78 is 6.19. The standard InChI is InChI=1S/C18H34O2/c1-4-20-18(9-7-5-6-8-10-18)17(19)16-12-14(2)11-15(3)13-16/h14-17,19H,4-13H2,1-3H3. The van der Waals surface area contributed by atoms with Gasteiger partial charge in [0.05, 0.1) is 11.7 Å². The summed E-state index contributed by atoms with van der Waals surface area (Å²) >= 11 is 0. The Morgan fingerprint density at radius 2 is 1.55 bits per heavy atom. The van der Waals surface area contributed by atoms with E-state index in [0.29, 0.717) is 5.92 Å². The molecule has 0 amide bonds. The molecule has 0 heterocycles. The van der Waals surface area contributed by atoms with Gasteiger partial charge in [0, 0.05) is 6.61 Å². The maximum absolute atomic E-state index is 11.1. The van der Waals surface area contributed by atoms with Crippen molar-refractivity contribution >= 4 is 0 Å². The van der Waals surface area contributed by atoms with E-state index in [1.165, 1.54) is 44.9 Å². The van der Waals surface area contributed by atoms with E-state index in [9.17, 15) is 5.11 Å². The van der Waals surface area contributed by atoms with Crippen LogP contribution in [0.3, 0.4) is 0 Å². The molecule has 0 aromatic carbocycles. The lowest BCUT2D eigenvalue weighted by Gasteiger charge is -2.44. The van der Waals surface area contributed by atoms with Crippen LogP contribution in [0.5, 0.6) is 0 Å². The first-order chi connectivity index (χ1) is 9.57. The Morgan fingerprint density at radius 1 is 1.00 bits per heavy atom. The summed E-state index contributed by atoms with van der Waals surface area (Å²) in [6, 6.07) is 0. The van der Waals surface area contributed by atoms with Crippen LogP contribution in [0.2, 0.25) is 0 Å². The molecule has 0 bridgehead atoms. The smallest absolute Gasteiger partial charge is 0.0942 e. The molecule has 0 aliphatic heterocycles. The molecule has 2 rings (SSSR count). The number of hydrogen-bond acceptors (Lipinski definition) is 2. The van der Waals surface area contributed by atoms with E-state index < -0.39 is 0 Å². The van der Waals surface area contributed by atoms with Crippen molar-refractivity contribution in [1.29, 1.82) is 0 Å². The van der Waals surface area contributed by atoms with Gasteiger partial charge in [0.25, 0.3) is 0 Å². The first-order valence-electron chi connectivity index (χ1n) is 8.89. The lowest BCUT2D eigenvalue weighted by Crippen LogP contribution is -2.50. The highest BCUT2D eigenvalue weighted by Crippen LogP contribution is 2.42. The van der Waals surface area contributed by atoms with Crippen LogP contribution in [0.25, 0.3) is 0 Å². The Hall–Kier alpha value is -0.0800. The molecule has 118 valence electrons. The van der Waals surface area contributed by atoms with E-state index in [4.69, 9.17) is 4.74 Å². The van der Waals surface area contributed by atoms with Crippen LogP contribution in [0.4, 0.5) is 0 Å². The van der Waals surface area contributed by atoms with Gasteiger partial charge in [0.2, 0.25) is 0 Å². The van der Waals surface area contributed by atoms with Gasteiger partial charge in [-0.15, -0.1) is 0 Å². The number of aliphatic hydroxyl groups excluding tert-OH is 1. The van der Waals surface area contributed by atoms with Crippen LogP contribution in [-0.2, 0) is 4.74 Å². The molecule has 0 aromatic heterocycles. The Morgan fingerprint density at radius 3 is 2.05 bits per heavy atom. The minimum atomic E-state index is -0.259. The van der Waals surface area contributed by atoms with E-state index in [1.807, 2.05) is 0 Å². The molecule has 0 aromatic rings. The second kappa shape index (κ2) is 7.26. The lowest BCUT2D eigenvalue weighted by atomic mass is 9.69. The number of rotatable bonds is 4. The van der Waals surface area contributed by atoms with E-state index in [2.05, 4.69) is 20.8 Å². The molecule has 0 spiro atoms. The van der Waals surface area contributed by atoms with Crippen LogP contribution in [0, 0.1) is 17.8 Å². The number of aliphatic hydroxyl groups is 1. The molecular weight excluding hydrogens is 248 g/mol. The van der Waals surface area contributed by atoms with Gasteiger partial charge in [0.15, 0.2) is 0 Å². The molecule has 20 heavy (non-hydrogen) atoms. The van der Waals surface area contributed by atoms with Crippen molar-refractivity contribution in [3.05, 3.63) is 0 Å². The average Bonchev–Trinajstić information content (AvgIpc) is 2.64. The fourth-order valence-corrected chi connectivity index (χ4v) is 4.84. The highest BCUT2D eigenvalue weighted by Gasteiger charge is 2.44. The summed E-state index contributed by atoms with van der Waals surface area (Å²) in [6.07, 6.45) is 10.6. The predicted octanol–water partition coefficient (Wildman–Crippen LogP) is 4.55.